The van der Waals surface area contributed by atoms with Crippen molar-refractivity contribution in [3.05, 3.63) is 95.1 Å². The van der Waals surface area contributed by atoms with E-state index in [9.17, 15) is 18.0 Å². The van der Waals surface area contributed by atoms with Crippen LogP contribution in [0.3, 0.4) is 0 Å². The number of hydrazine groups is 1. The Morgan fingerprint density at radius 1 is 0.879 bits per heavy atom. The van der Waals surface area contributed by atoms with Crippen molar-refractivity contribution in [2.75, 3.05) is 5.75 Å². The van der Waals surface area contributed by atoms with Crippen LogP contribution in [0.2, 0.25) is 0 Å². The second-order valence-corrected chi connectivity index (χ2v) is 10.2. The second-order valence-electron chi connectivity index (χ2n) is 7.40. The molecule has 0 heterocycles. The van der Waals surface area contributed by atoms with E-state index in [1.165, 1.54) is 36.0 Å². The van der Waals surface area contributed by atoms with E-state index in [1.807, 2.05) is 62.4 Å². The van der Waals surface area contributed by atoms with Crippen molar-refractivity contribution >= 4 is 33.6 Å². The molecule has 0 radical (unpaired) electrons. The van der Waals surface area contributed by atoms with Gasteiger partial charge in [-0.25, -0.2) is 13.1 Å². The number of hydrogen-bond acceptors (Lipinski definition) is 5. The number of sulfonamides is 1. The summed E-state index contributed by atoms with van der Waals surface area (Å²) < 4.78 is 27.7. The lowest BCUT2D eigenvalue weighted by atomic mass is 10.2. The van der Waals surface area contributed by atoms with Gasteiger partial charge in [0.15, 0.2) is 0 Å². The first-order valence-electron chi connectivity index (χ1n) is 10.2. The first-order chi connectivity index (χ1) is 15.7. The summed E-state index contributed by atoms with van der Waals surface area (Å²) in [5, 5.41) is 0. The third-order valence-electron chi connectivity index (χ3n) is 4.73. The smallest absolute Gasteiger partial charge is 0.269 e. The molecule has 3 rings (SSSR count). The lowest BCUT2D eigenvalue weighted by Gasteiger charge is -2.10. The van der Waals surface area contributed by atoms with Crippen LogP contribution in [0.1, 0.15) is 27.0 Å². The van der Waals surface area contributed by atoms with Gasteiger partial charge in [0.2, 0.25) is 15.9 Å². The molecule has 0 spiro atoms. The summed E-state index contributed by atoms with van der Waals surface area (Å²) in [7, 11) is -3.81. The Labute approximate surface area is 198 Å². The van der Waals surface area contributed by atoms with Crippen molar-refractivity contribution < 1.29 is 18.0 Å². The average molecular weight is 484 g/mol. The Balaban J connectivity index is 1.55. The number of carbonyl (C=O) groups excluding carboxylic acids is 2. The molecular formula is C24H25N3O4S2. The maximum atomic E-state index is 12.6. The highest BCUT2D eigenvalue weighted by molar-refractivity contribution is 8.00. The molecule has 0 aliphatic heterocycles. The number of rotatable bonds is 8. The molecule has 7 nitrogen and oxygen atoms in total. The van der Waals surface area contributed by atoms with Crippen molar-refractivity contribution in [1.82, 2.24) is 15.6 Å². The highest BCUT2D eigenvalue weighted by Gasteiger charge is 2.16. The monoisotopic (exact) mass is 483 g/mol. The summed E-state index contributed by atoms with van der Waals surface area (Å²) in [6, 6.07) is 20.7. The fourth-order valence-electron chi connectivity index (χ4n) is 2.90. The van der Waals surface area contributed by atoms with Gasteiger partial charge < -0.3 is 0 Å². The SMILES string of the molecule is Cc1ccc(C)c(SCC(=O)NNC(=O)c2cccc(S(=O)(=O)NCc3ccccc3)c2)c1. The van der Waals surface area contributed by atoms with Crippen LogP contribution in [0, 0.1) is 13.8 Å². The third-order valence-corrected chi connectivity index (χ3v) is 7.29. The maximum absolute atomic E-state index is 12.6. The summed E-state index contributed by atoms with van der Waals surface area (Å²) in [5.41, 5.74) is 7.80. The fraction of sp³-hybridized carbons (Fsp3) is 0.167. The summed E-state index contributed by atoms with van der Waals surface area (Å²) >= 11 is 1.38. The minimum absolute atomic E-state index is 0.0390. The highest BCUT2D eigenvalue weighted by Crippen LogP contribution is 2.23. The van der Waals surface area contributed by atoms with Crippen LogP contribution >= 0.6 is 11.8 Å². The van der Waals surface area contributed by atoms with E-state index < -0.39 is 15.9 Å². The molecule has 3 N–H and O–H groups in total. The minimum atomic E-state index is -3.81. The van der Waals surface area contributed by atoms with E-state index in [4.69, 9.17) is 0 Å². The molecule has 2 amide bonds. The first kappa shape index (κ1) is 24.5. The van der Waals surface area contributed by atoms with Crippen molar-refractivity contribution in [2.45, 2.75) is 30.2 Å². The van der Waals surface area contributed by atoms with Crippen LogP contribution in [-0.4, -0.2) is 26.0 Å². The molecule has 0 fully saturated rings. The van der Waals surface area contributed by atoms with Crippen LogP contribution in [-0.2, 0) is 21.4 Å². The zero-order chi connectivity index (χ0) is 23.8. The van der Waals surface area contributed by atoms with E-state index >= 15 is 0 Å². The Morgan fingerprint density at radius 3 is 2.39 bits per heavy atom. The van der Waals surface area contributed by atoms with Crippen LogP contribution < -0.4 is 15.6 Å². The Hall–Kier alpha value is -3.14. The fourth-order valence-corrected chi connectivity index (χ4v) is 4.89. The zero-order valence-electron chi connectivity index (χ0n) is 18.3. The summed E-state index contributed by atoms with van der Waals surface area (Å²) in [6.45, 7) is 4.08. The molecule has 0 saturated heterocycles. The Bertz CT molecular complexity index is 1250. The van der Waals surface area contributed by atoms with Gasteiger partial charge in [-0.2, -0.15) is 0 Å². The number of thioether (sulfide) groups is 1. The minimum Gasteiger partial charge on any atom is -0.272 e. The molecule has 0 aliphatic carbocycles. The predicted octanol–water partition coefficient (Wildman–Crippen LogP) is 3.34. The topological polar surface area (TPSA) is 104 Å². The van der Waals surface area contributed by atoms with Crippen molar-refractivity contribution in [2.24, 2.45) is 0 Å². The summed E-state index contributed by atoms with van der Waals surface area (Å²) in [6.07, 6.45) is 0. The number of hydrogen-bond donors (Lipinski definition) is 3. The summed E-state index contributed by atoms with van der Waals surface area (Å²) in [4.78, 5) is 25.5. The molecule has 0 aliphatic rings. The van der Waals surface area contributed by atoms with Crippen molar-refractivity contribution in [1.29, 1.82) is 0 Å². The molecule has 3 aromatic carbocycles. The predicted molar refractivity (Wildman–Crippen MR) is 129 cm³/mol. The van der Waals surface area contributed by atoms with E-state index in [0.29, 0.717) is 0 Å². The van der Waals surface area contributed by atoms with Gasteiger partial charge >= 0.3 is 0 Å². The normalized spacial score (nSPS) is 11.1. The molecule has 9 heteroatoms. The van der Waals surface area contributed by atoms with Crippen molar-refractivity contribution in [3.63, 3.8) is 0 Å². The second kappa shape index (κ2) is 11.1. The molecule has 0 atom stereocenters. The maximum Gasteiger partial charge on any atom is 0.269 e. The number of benzene rings is 3. The van der Waals surface area contributed by atoms with Gasteiger partial charge in [-0.1, -0.05) is 54.1 Å². The van der Waals surface area contributed by atoms with E-state index in [2.05, 4.69) is 15.6 Å². The average Bonchev–Trinajstić information content (AvgIpc) is 2.82. The Kier molecular flexibility index (Phi) is 8.26. The highest BCUT2D eigenvalue weighted by atomic mass is 32.2. The Morgan fingerprint density at radius 2 is 1.64 bits per heavy atom. The van der Waals surface area contributed by atoms with Gasteiger partial charge in [0, 0.05) is 17.0 Å². The number of amides is 2. The van der Waals surface area contributed by atoms with Crippen molar-refractivity contribution in [3.8, 4) is 0 Å². The van der Waals surface area contributed by atoms with Crippen LogP contribution in [0.25, 0.3) is 0 Å². The molecule has 0 aromatic heterocycles. The van der Waals surface area contributed by atoms with Crippen LogP contribution in [0.5, 0.6) is 0 Å². The lowest BCUT2D eigenvalue weighted by Crippen LogP contribution is -2.42. The standard InChI is InChI=1S/C24H25N3O4S2/c1-17-11-12-18(2)22(13-17)32-16-23(28)26-27-24(29)20-9-6-10-21(14-20)33(30,31)25-15-19-7-4-3-5-8-19/h3-14,25H,15-16H2,1-2H3,(H,26,28)(H,27,29). The van der Waals surface area contributed by atoms with Crippen LogP contribution in [0.4, 0.5) is 0 Å². The number of nitrogens with one attached hydrogen (secondary N) is 3. The van der Waals surface area contributed by atoms with E-state index in [0.717, 1.165) is 21.6 Å². The van der Waals surface area contributed by atoms with E-state index in [-0.39, 0.29) is 28.7 Å². The molecule has 0 saturated carbocycles. The quantitative estimate of drug-likeness (QED) is 0.337. The van der Waals surface area contributed by atoms with Gasteiger partial charge in [-0.15, -0.1) is 11.8 Å². The molecule has 3 aromatic rings. The molecule has 33 heavy (non-hydrogen) atoms. The molecule has 172 valence electrons. The first-order valence-corrected chi connectivity index (χ1v) is 12.6. The third kappa shape index (κ3) is 7.18. The number of aryl methyl sites for hydroxylation is 2. The van der Waals surface area contributed by atoms with Gasteiger partial charge in [-0.3, -0.25) is 20.4 Å². The molecule has 0 unspecified atom stereocenters. The van der Waals surface area contributed by atoms with Gasteiger partial charge in [0.05, 0.1) is 10.6 Å². The largest absolute Gasteiger partial charge is 0.272 e. The molecule has 0 bridgehead atoms. The van der Waals surface area contributed by atoms with Gasteiger partial charge in [-0.05, 0) is 49.2 Å². The van der Waals surface area contributed by atoms with Crippen LogP contribution in [0.15, 0.2) is 82.6 Å². The van der Waals surface area contributed by atoms with E-state index in [1.54, 1.807) is 0 Å². The lowest BCUT2D eigenvalue weighted by molar-refractivity contribution is -0.119. The molecular weight excluding hydrogens is 458 g/mol. The van der Waals surface area contributed by atoms with Gasteiger partial charge in [0.25, 0.3) is 5.91 Å². The summed E-state index contributed by atoms with van der Waals surface area (Å²) in [5.74, 6) is -0.856. The van der Waals surface area contributed by atoms with Gasteiger partial charge in [0.1, 0.15) is 0 Å². The zero-order valence-corrected chi connectivity index (χ0v) is 19.9. The number of carbonyl (C=O) groups is 2.